The van der Waals surface area contributed by atoms with Gasteiger partial charge in [0.05, 0.1) is 95.4 Å². The second-order valence-electron chi connectivity index (χ2n) is 42.6. The van der Waals surface area contributed by atoms with Crippen LogP contribution in [0.5, 0.6) is 0 Å². The van der Waals surface area contributed by atoms with Gasteiger partial charge < -0.3 is 23.5 Å². The van der Waals surface area contributed by atoms with Crippen molar-refractivity contribution in [3.63, 3.8) is 0 Å². The molecule has 5 nitrogen and oxygen atoms in total. The number of rotatable bonds is 9. The molecule has 5 heterocycles. The molecule has 0 radical (unpaired) electrons. The van der Waals surface area contributed by atoms with Gasteiger partial charge in [-0.05, 0) is 223 Å². The normalized spacial score (nSPS) is 17.2. The van der Waals surface area contributed by atoms with Crippen LogP contribution < -0.4 is 26.2 Å². The van der Waals surface area contributed by atoms with E-state index in [2.05, 4.69) is 113 Å². The van der Waals surface area contributed by atoms with E-state index < -0.39 is 293 Å². The molecule has 15 aromatic carbocycles. The van der Waals surface area contributed by atoms with Gasteiger partial charge in [0, 0.05) is 88.7 Å². The molecule has 0 atom stereocenters. The quantitative estimate of drug-likeness (QED) is 0.134. The molecular formula is C122H122BN5. The second kappa shape index (κ2) is 29.5. The fraction of sp³-hybridized carbons (Fsp3) is 0.262. The highest BCUT2D eigenvalue weighted by atomic mass is 15.2. The lowest BCUT2D eigenvalue weighted by Crippen LogP contribution is -2.61. The van der Waals surface area contributed by atoms with Crippen molar-refractivity contribution in [1.29, 1.82) is 0 Å². The molecular weight excluding hydrogens is 1550 g/mol. The van der Waals surface area contributed by atoms with Crippen LogP contribution in [0.15, 0.2) is 303 Å². The smallest absolute Gasteiger partial charge is 0.252 e. The topological polar surface area (TPSA) is 21.3 Å². The maximum atomic E-state index is 12.0. The zero-order valence-electron chi connectivity index (χ0n) is 110. The first-order valence-electron chi connectivity index (χ1n) is 60.3. The lowest BCUT2D eigenvalue weighted by Gasteiger charge is -2.46. The Balaban J connectivity index is 1.17. The van der Waals surface area contributed by atoms with Crippen molar-refractivity contribution in [2.45, 2.75) is 209 Å². The molecule has 18 aromatic rings. The number of anilines is 6. The summed E-state index contributed by atoms with van der Waals surface area (Å²) in [4.78, 5) is 3.55. The van der Waals surface area contributed by atoms with E-state index in [-0.39, 0.29) is 128 Å². The number of aromatic nitrogens is 3. The van der Waals surface area contributed by atoms with E-state index in [0.717, 1.165) is 22.3 Å². The van der Waals surface area contributed by atoms with E-state index in [1.54, 1.807) is 130 Å². The minimum Gasteiger partial charge on any atom is -0.310 e. The second-order valence-corrected chi connectivity index (χ2v) is 42.6. The van der Waals surface area contributed by atoms with Crippen LogP contribution in [0.3, 0.4) is 0 Å². The summed E-state index contributed by atoms with van der Waals surface area (Å²) in [7, 11) is 0. The van der Waals surface area contributed by atoms with Crippen LogP contribution >= 0.6 is 0 Å². The summed E-state index contributed by atoms with van der Waals surface area (Å²) in [5.74, 6) is 0. The summed E-state index contributed by atoms with van der Waals surface area (Å²) in [6, 6.07) is 8.55. The number of para-hydroxylation sites is 6. The molecule has 3 aromatic heterocycles. The van der Waals surface area contributed by atoms with E-state index in [4.69, 9.17) is 0 Å². The Morgan fingerprint density at radius 2 is 0.578 bits per heavy atom. The van der Waals surface area contributed by atoms with Crippen LogP contribution in [0.4, 0.5) is 34.1 Å². The molecule has 20 rings (SSSR count). The summed E-state index contributed by atoms with van der Waals surface area (Å²) in [6.07, 6.45) is 0. The summed E-state index contributed by atoms with van der Waals surface area (Å²) >= 11 is 0. The molecule has 0 N–H and O–H groups in total. The fourth-order valence-electron chi connectivity index (χ4n) is 18.5. The van der Waals surface area contributed by atoms with Gasteiger partial charge in [0.15, 0.2) is 0 Å². The van der Waals surface area contributed by atoms with E-state index in [1.165, 1.54) is 19.8 Å². The van der Waals surface area contributed by atoms with Crippen molar-refractivity contribution in [3.8, 4) is 61.6 Å². The maximum Gasteiger partial charge on any atom is 0.252 e. The van der Waals surface area contributed by atoms with E-state index >= 15 is 0 Å². The molecule has 0 saturated carbocycles. The lowest BCUT2D eigenvalue weighted by molar-refractivity contribution is 0.569. The standard InChI is InChI=1S/C122H122BN5/c1-115(2,3)77-53-49-75(50-54-77)93-66-81(119(13,14)15)68-96(86-61-57-80(118(10,11)12)70-99(86)122(22,23)24)113(93)127-108-71-83(124-102-43-31-25-37-87(102)88-38-26-32-44-103(88)124)59-63-100(108)123-101-64-60-84(125-104-45-33-27-39-89(104)90-40-28-34-46-105(90)125)72-109(101)128(111-74-85(73-110(127)112(111)123)126-106-47-35-29-41-91(106)92-42-30-36-48-107(92)126)114-94(76-51-55-78(56-52-76)116(4,5)6)67-82(120(16,17)18)69-97(114)95-65-79(117(7,8)9)58-62-98(95)121(19,20)21/h25-74H,1-24H3/i25D,26D,27D,28D,29D,30D,31D,32D,33D,34D,35D,36D,37D,38D,39D,40D,41D,42D,43D,44D,45D,46D,47D,48D,51D,52D,55D,56D,58D,62D,65D,67D,69D. The molecule has 638 valence electrons. The van der Waals surface area contributed by atoms with Crippen molar-refractivity contribution in [3.05, 3.63) is 347 Å². The summed E-state index contributed by atoms with van der Waals surface area (Å²) < 4.78 is 342. The van der Waals surface area contributed by atoms with Gasteiger partial charge in [0.1, 0.15) is 0 Å². The van der Waals surface area contributed by atoms with Gasteiger partial charge in [0.25, 0.3) is 6.71 Å². The van der Waals surface area contributed by atoms with E-state index in [9.17, 15) is 45.2 Å². The van der Waals surface area contributed by atoms with Gasteiger partial charge in [-0.3, -0.25) is 0 Å². The largest absolute Gasteiger partial charge is 0.310 e. The Morgan fingerprint density at radius 1 is 0.227 bits per heavy atom. The number of hydrogen-bond acceptors (Lipinski definition) is 2. The Labute approximate surface area is 806 Å². The number of nitrogens with zero attached hydrogens (tertiary/aromatic N) is 5. The zero-order valence-corrected chi connectivity index (χ0v) is 77.1. The van der Waals surface area contributed by atoms with Crippen LogP contribution in [-0.4, -0.2) is 20.4 Å². The molecule has 0 unspecified atom stereocenters. The predicted octanol–water partition coefficient (Wildman–Crippen LogP) is 32.1. The first-order valence-corrected chi connectivity index (χ1v) is 43.8. The van der Waals surface area contributed by atoms with E-state index in [0.29, 0.717) is 27.9 Å². The van der Waals surface area contributed by atoms with Gasteiger partial charge in [-0.1, -0.05) is 372 Å². The Hall–Kier alpha value is -12.6. The zero-order chi connectivity index (χ0) is 119. The van der Waals surface area contributed by atoms with Crippen LogP contribution in [0.1, 0.15) is 256 Å². The maximum absolute atomic E-state index is 12.0. The average molecular weight is 1700 g/mol. The summed E-state index contributed by atoms with van der Waals surface area (Å²) in [5.41, 5.74) is -6.61. The SMILES string of the molecule is [2H]c1c([2H])c(C(C)(C)C)c([2H])c([2H])c1-c1c([2H])c(C(C)(C)C)c([2H])c(-c2c([2H])c(C(C)(C)C)c([2H])c([2H])c2C(C)(C)C)c1N1c2cc(-n3c4c([2H])c([2H])c([2H])c([2H])c4c4c([2H])c([2H])c([2H])c([2H])c43)ccc2B2c3ccc(-n4c5c([2H])c([2H])c([2H])c([2H])c5c5c([2H])c([2H])c([2H])c([2H])c54)cc3N(c3c(-c4ccc(C(C)(C)C)cc4)cc(C(C)(C)C)cc3-c3ccc(C(C)(C)C)cc3C(C)(C)C)c3cc(-n4c5c([2H])c([2H])c([2H])c([2H])c5c5c([2H])c([2H])c([2H])c([2H])c54)cc1c32. The minimum absolute atomic E-state index is 0.0140. The summed E-state index contributed by atoms with van der Waals surface area (Å²) in [5, 5.41) is -2.11. The van der Waals surface area contributed by atoms with Crippen molar-refractivity contribution in [1.82, 2.24) is 13.7 Å². The third kappa shape index (κ3) is 13.9. The number of fused-ring (bicyclic) bond motifs is 13. The Morgan fingerprint density at radius 3 is 0.984 bits per heavy atom. The first-order chi connectivity index (χ1) is 74.3. The Kier molecular flexibility index (Phi) is 12.4. The molecule has 0 fully saturated rings. The number of hydrogen-bond donors (Lipinski definition) is 0. The van der Waals surface area contributed by atoms with Crippen molar-refractivity contribution >= 4 is 123 Å². The van der Waals surface area contributed by atoms with Crippen molar-refractivity contribution in [2.75, 3.05) is 9.80 Å². The van der Waals surface area contributed by atoms with Crippen LogP contribution in [0.25, 0.3) is 127 Å². The molecule has 2 aliphatic heterocycles. The molecule has 2 aliphatic rings. The van der Waals surface area contributed by atoms with Gasteiger partial charge in [0.2, 0.25) is 0 Å². The van der Waals surface area contributed by atoms with E-state index in [1.807, 2.05) is 29.2 Å². The third-order valence-electron chi connectivity index (χ3n) is 25.3. The molecule has 0 aliphatic carbocycles. The highest BCUT2D eigenvalue weighted by Gasteiger charge is 2.48. The monoisotopic (exact) mass is 1700 g/mol. The minimum atomic E-state index is -1.49. The van der Waals surface area contributed by atoms with Gasteiger partial charge >= 0.3 is 0 Å². The molecule has 0 saturated heterocycles. The molecule has 128 heavy (non-hydrogen) atoms. The highest BCUT2D eigenvalue weighted by Crippen LogP contribution is 2.58. The molecule has 6 heteroatoms. The molecule has 0 amide bonds. The van der Waals surface area contributed by atoms with Gasteiger partial charge in [-0.25, -0.2) is 0 Å². The number of benzene rings is 15. The van der Waals surface area contributed by atoms with Crippen molar-refractivity contribution < 1.29 is 45.2 Å². The Bertz CT molecular complexity index is 9430. The fourth-order valence-corrected chi connectivity index (χ4v) is 18.5. The first kappa shape index (κ1) is 53.9. The third-order valence-corrected chi connectivity index (χ3v) is 25.3. The van der Waals surface area contributed by atoms with Crippen molar-refractivity contribution in [2.24, 2.45) is 0 Å². The average Bonchev–Trinajstić information content (AvgIpc) is 0.973. The van der Waals surface area contributed by atoms with Gasteiger partial charge in [-0.15, -0.1) is 0 Å². The molecule has 0 spiro atoms. The summed E-state index contributed by atoms with van der Waals surface area (Å²) in [6.45, 7) is 44.4. The predicted molar refractivity (Wildman–Crippen MR) is 555 cm³/mol. The van der Waals surface area contributed by atoms with Crippen LogP contribution in [0, 0.1) is 0 Å². The van der Waals surface area contributed by atoms with Gasteiger partial charge in [-0.2, -0.15) is 0 Å². The lowest BCUT2D eigenvalue weighted by atomic mass is 9.33. The molecule has 0 bridgehead atoms. The highest BCUT2D eigenvalue weighted by molar-refractivity contribution is 7.00. The van der Waals surface area contributed by atoms with Crippen LogP contribution in [-0.2, 0) is 43.3 Å². The van der Waals surface area contributed by atoms with Crippen LogP contribution in [0.2, 0.25) is 0 Å².